The smallest absolute Gasteiger partial charge is 0.255 e. The van der Waals surface area contributed by atoms with Crippen LogP contribution in [-0.4, -0.2) is 34.0 Å². The lowest BCUT2D eigenvalue weighted by Crippen LogP contribution is -2.26. The summed E-state index contributed by atoms with van der Waals surface area (Å²) in [4.78, 5) is 25.2. The summed E-state index contributed by atoms with van der Waals surface area (Å²) in [6.45, 7) is 0. The fraction of sp³-hybridized carbons (Fsp3) is 0.200. The van der Waals surface area contributed by atoms with Gasteiger partial charge >= 0.3 is 0 Å². The summed E-state index contributed by atoms with van der Waals surface area (Å²) in [6.07, 6.45) is 6.48. The van der Waals surface area contributed by atoms with Gasteiger partial charge in [0.1, 0.15) is 5.82 Å². The van der Waals surface area contributed by atoms with Crippen LogP contribution in [-0.2, 0) is 0 Å². The number of carbonyl (C=O) groups excluding carboxylic acids is 1. The van der Waals surface area contributed by atoms with Crippen molar-refractivity contribution in [2.75, 3.05) is 12.4 Å². The maximum Gasteiger partial charge on any atom is 0.255 e. The number of rotatable bonds is 6. The Morgan fingerprint density at radius 2 is 2.10 bits per heavy atom. The van der Waals surface area contributed by atoms with Crippen molar-refractivity contribution in [1.29, 1.82) is 0 Å². The van der Waals surface area contributed by atoms with E-state index in [-0.39, 0.29) is 23.3 Å². The second-order valence-electron chi connectivity index (χ2n) is 6.53. The van der Waals surface area contributed by atoms with E-state index >= 15 is 0 Å². The summed E-state index contributed by atoms with van der Waals surface area (Å²) in [7, 11) is 1.48. The zero-order valence-electron chi connectivity index (χ0n) is 15.4. The number of anilines is 2. The number of halogens is 2. The van der Waals surface area contributed by atoms with E-state index in [0.717, 1.165) is 12.8 Å². The molecule has 1 aliphatic carbocycles. The first-order valence-electron chi connectivity index (χ1n) is 8.93. The predicted molar refractivity (Wildman–Crippen MR) is 110 cm³/mol. The Labute approximate surface area is 174 Å². The molecule has 0 aliphatic heterocycles. The van der Waals surface area contributed by atoms with Crippen molar-refractivity contribution in [2.24, 2.45) is 0 Å². The molecule has 0 saturated heterocycles. The van der Waals surface area contributed by atoms with E-state index in [0.29, 0.717) is 27.3 Å². The first-order valence-corrected chi connectivity index (χ1v) is 9.73. The minimum atomic E-state index is -0.447. The van der Waals surface area contributed by atoms with E-state index in [1.807, 2.05) is 0 Å². The number of pyridine rings is 1. The van der Waals surface area contributed by atoms with E-state index < -0.39 is 5.82 Å². The quantitative estimate of drug-likeness (QED) is 0.579. The maximum absolute atomic E-state index is 14.3. The molecule has 3 aromatic rings. The Bertz CT molecular complexity index is 1070. The van der Waals surface area contributed by atoms with Crippen LogP contribution in [0.1, 0.15) is 23.2 Å². The van der Waals surface area contributed by atoms with Gasteiger partial charge in [0, 0.05) is 22.9 Å². The van der Waals surface area contributed by atoms with E-state index in [4.69, 9.17) is 4.74 Å². The van der Waals surface area contributed by atoms with Crippen LogP contribution in [0.15, 0.2) is 47.3 Å². The molecule has 1 saturated carbocycles. The normalized spacial score (nSPS) is 13.1. The van der Waals surface area contributed by atoms with E-state index in [1.54, 1.807) is 24.4 Å². The third-order valence-corrected chi connectivity index (χ3v) is 4.87. The van der Waals surface area contributed by atoms with Crippen LogP contribution in [0.2, 0.25) is 0 Å². The van der Waals surface area contributed by atoms with Gasteiger partial charge in [-0.2, -0.15) is 0 Å². The molecule has 0 atom stereocenters. The lowest BCUT2D eigenvalue weighted by molar-refractivity contribution is 0.0951. The second-order valence-corrected chi connectivity index (χ2v) is 7.44. The first-order chi connectivity index (χ1) is 14.0. The summed E-state index contributed by atoms with van der Waals surface area (Å²) in [5, 5.41) is 6.04. The SMILES string of the molecule is COc1cnc(-c2cc(Br)ccc2F)nc1Nc1ccncc1C(=O)NC1CC1. The largest absolute Gasteiger partial charge is 0.491 e. The fourth-order valence-corrected chi connectivity index (χ4v) is 3.07. The monoisotopic (exact) mass is 457 g/mol. The molecule has 1 amide bonds. The molecule has 2 heterocycles. The second kappa shape index (κ2) is 8.12. The van der Waals surface area contributed by atoms with Crippen LogP contribution in [0.5, 0.6) is 5.75 Å². The van der Waals surface area contributed by atoms with Gasteiger partial charge in [-0.3, -0.25) is 9.78 Å². The highest BCUT2D eigenvalue weighted by Gasteiger charge is 2.25. The van der Waals surface area contributed by atoms with Crippen LogP contribution in [0, 0.1) is 5.82 Å². The lowest BCUT2D eigenvalue weighted by Gasteiger charge is -2.14. The van der Waals surface area contributed by atoms with Gasteiger partial charge in [0.15, 0.2) is 17.4 Å². The maximum atomic E-state index is 14.3. The molecule has 1 aliphatic rings. The van der Waals surface area contributed by atoms with Gasteiger partial charge in [-0.1, -0.05) is 15.9 Å². The van der Waals surface area contributed by atoms with E-state index in [9.17, 15) is 9.18 Å². The lowest BCUT2D eigenvalue weighted by atomic mass is 10.2. The molecule has 0 bridgehead atoms. The highest BCUT2D eigenvalue weighted by molar-refractivity contribution is 9.10. The van der Waals surface area contributed by atoms with Crippen molar-refractivity contribution in [2.45, 2.75) is 18.9 Å². The average Bonchev–Trinajstić information content (AvgIpc) is 3.54. The molecule has 4 rings (SSSR count). The van der Waals surface area contributed by atoms with Crippen LogP contribution in [0.3, 0.4) is 0 Å². The number of carbonyl (C=O) groups is 1. The van der Waals surface area contributed by atoms with Crippen molar-refractivity contribution in [3.63, 3.8) is 0 Å². The van der Waals surface area contributed by atoms with Crippen molar-refractivity contribution in [1.82, 2.24) is 20.3 Å². The number of benzene rings is 1. The molecule has 0 unspecified atom stereocenters. The zero-order valence-corrected chi connectivity index (χ0v) is 17.0. The Balaban J connectivity index is 1.70. The zero-order chi connectivity index (χ0) is 20.4. The summed E-state index contributed by atoms with van der Waals surface area (Å²) in [6, 6.07) is 6.42. The molecular formula is C20H17BrFN5O2. The summed E-state index contributed by atoms with van der Waals surface area (Å²) >= 11 is 3.33. The number of ether oxygens (including phenoxy) is 1. The fourth-order valence-electron chi connectivity index (χ4n) is 2.71. The minimum absolute atomic E-state index is 0.185. The average molecular weight is 458 g/mol. The van der Waals surface area contributed by atoms with Crippen molar-refractivity contribution >= 4 is 33.3 Å². The summed E-state index contributed by atoms with van der Waals surface area (Å²) in [5.41, 5.74) is 1.14. The van der Waals surface area contributed by atoms with Gasteiger partial charge in [-0.05, 0) is 37.1 Å². The number of hydrogen-bond acceptors (Lipinski definition) is 6. The molecule has 1 aromatic carbocycles. The molecular weight excluding hydrogens is 441 g/mol. The molecule has 9 heteroatoms. The van der Waals surface area contributed by atoms with E-state index in [2.05, 4.69) is 41.5 Å². The number of methoxy groups -OCH3 is 1. The third-order valence-electron chi connectivity index (χ3n) is 4.38. The minimum Gasteiger partial charge on any atom is -0.491 e. The number of hydrogen-bond donors (Lipinski definition) is 2. The molecule has 7 nitrogen and oxygen atoms in total. The van der Waals surface area contributed by atoms with E-state index in [1.165, 1.54) is 25.6 Å². The highest BCUT2D eigenvalue weighted by atomic mass is 79.9. The summed E-state index contributed by atoms with van der Waals surface area (Å²) < 4.78 is 20.3. The van der Waals surface area contributed by atoms with Crippen molar-refractivity contribution < 1.29 is 13.9 Å². The number of nitrogens with zero attached hydrogens (tertiary/aromatic N) is 3. The topological polar surface area (TPSA) is 89.0 Å². The van der Waals surface area contributed by atoms with Gasteiger partial charge < -0.3 is 15.4 Å². The van der Waals surface area contributed by atoms with Gasteiger partial charge in [-0.25, -0.2) is 14.4 Å². The highest BCUT2D eigenvalue weighted by Crippen LogP contribution is 2.31. The Hall–Kier alpha value is -3.07. The van der Waals surface area contributed by atoms with Crippen molar-refractivity contribution in [3.05, 3.63) is 58.7 Å². The summed E-state index contributed by atoms with van der Waals surface area (Å²) in [5.74, 6) is 0.190. The van der Waals surface area contributed by atoms with Gasteiger partial charge in [0.2, 0.25) is 0 Å². The molecule has 29 heavy (non-hydrogen) atoms. The van der Waals surface area contributed by atoms with Crippen LogP contribution >= 0.6 is 15.9 Å². The molecule has 148 valence electrons. The number of nitrogens with one attached hydrogen (secondary N) is 2. The van der Waals surface area contributed by atoms with Crippen LogP contribution in [0.4, 0.5) is 15.9 Å². The molecule has 2 N–H and O–H groups in total. The molecule has 1 fully saturated rings. The standard InChI is InChI=1S/C20H17BrFN5O2/c1-29-17-10-24-18(13-8-11(21)2-5-15(13)22)27-19(17)26-16-6-7-23-9-14(16)20(28)25-12-3-4-12/h2,5-10,12H,3-4H2,1H3,(H,25,28)(H,23,24,26,27). The van der Waals surface area contributed by atoms with Gasteiger partial charge in [0.25, 0.3) is 5.91 Å². The molecule has 2 aromatic heterocycles. The Morgan fingerprint density at radius 3 is 2.86 bits per heavy atom. The first kappa shape index (κ1) is 19.3. The number of aromatic nitrogens is 3. The molecule has 0 spiro atoms. The Kier molecular flexibility index (Phi) is 5.39. The van der Waals surface area contributed by atoms with Gasteiger partial charge in [-0.15, -0.1) is 0 Å². The van der Waals surface area contributed by atoms with Crippen molar-refractivity contribution in [3.8, 4) is 17.1 Å². The van der Waals surface area contributed by atoms with Crippen LogP contribution in [0.25, 0.3) is 11.4 Å². The Morgan fingerprint density at radius 1 is 1.28 bits per heavy atom. The number of amides is 1. The molecule has 0 radical (unpaired) electrons. The van der Waals surface area contributed by atoms with Crippen LogP contribution < -0.4 is 15.4 Å². The predicted octanol–water partition coefficient (Wildman–Crippen LogP) is 4.08. The third kappa shape index (κ3) is 4.34. The van der Waals surface area contributed by atoms with Gasteiger partial charge in [0.05, 0.1) is 30.1 Å².